The van der Waals surface area contributed by atoms with Crippen LogP contribution in [0.1, 0.15) is 18.4 Å². The number of hydrogen-bond acceptors (Lipinski definition) is 11. The van der Waals surface area contributed by atoms with Gasteiger partial charge in [0.15, 0.2) is 34.7 Å². The third-order valence-corrected chi connectivity index (χ3v) is 10.5. The molecule has 1 saturated heterocycles. The molecule has 284 valence electrons. The van der Waals surface area contributed by atoms with Gasteiger partial charge in [0.1, 0.15) is 24.1 Å². The predicted molar refractivity (Wildman–Crippen MR) is 208 cm³/mol. The van der Waals surface area contributed by atoms with E-state index in [0.717, 1.165) is 0 Å². The van der Waals surface area contributed by atoms with Gasteiger partial charge in [-0.1, -0.05) is 84.4 Å². The van der Waals surface area contributed by atoms with Crippen LogP contribution in [-0.4, -0.2) is 45.6 Å². The van der Waals surface area contributed by atoms with E-state index in [1.807, 2.05) is 36.4 Å². The van der Waals surface area contributed by atoms with Gasteiger partial charge in [-0.05, 0) is 72.6 Å². The van der Waals surface area contributed by atoms with Crippen LogP contribution in [0.5, 0.6) is 23.0 Å². The number of non-ortho nitro benzene ring substituents is 1. The molecule has 0 N–H and O–H groups in total. The number of allylic oxidation sites excluding steroid dienone is 1. The van der Waals surface area contributed by atoms with Gasteiger partial charge in [-0.25, -0.2) is 22.9 Å². The first-order valence-electron chi connectivity index (χ1n) is 17.5. The van der Waals surface area contributed by atoms with Crippen molar-refractivity contribution in [1.29, 1.82) is 0 Å². The lowest BCUT2D eigenvalue weighted by atomic mass is 9.86. The number of fused-ring (bicyclic) bond motifs is 1. The molecule has 5 aromatic rings. The standard InChI is InChI=1S/C41H34ClN3O10P/c42-37(28-50-31-13-5-1-6-14-31)43-38-35-25-26-36(39(44(35)40(38)46)41(47)51-27-29-21-23-30(24-22-29)45(48)49)55-56(52-32-15-7-2-8-16-32,53-33-17-9-3-10-18-33)54-34-19-11-4-12-20-34/h1-24,35,38H,25-28H2/q+1/t35-,38+/m1/s1. The van der Waals surface area contributed by atoms with Crippen LogP contribution < -0.4 is 18.3 Å². The first-order valence-corrected chi connectivity index (χ1v) is 19.3. The van der Waals surface area contributed by atoms with Gasteiger partial charge in [0, 0.05) is 18.6 Å². The van der Waals surface area contributed by atoms with Gasteiger partial charge in [-0.3, -0.25) is 24.8 Å². The molecule has 0 aromatic heterocycles. The maximum Gasteiger partial charge on any atom is 0.766 e. The minimum absolute atomic E-state index is 0.0281. The topological polar surface area (TPSA) is 148 Å². The van der Waals surface area contributed by atoms with Crippen molar-refractivity contribution >= 4 is 42.5 Å². The largest absolute Gasteiger partial charge is 0.766 e. The lowest BCUT2D eigenvalue weighted by Gasteiger charge is -2.48. The Labute approximate surface area is 327 Å². The molecule has 56 heavy (non-hydrogen) atoms. The van der Waals surface area contributed by atoms with E-state index in [0.29, 0.717) is 35.0 Å². The normalized spacial score (nSPS) is 16.6. The van der Waals surface area contributed by atoms with Crippen LogP contribution in [-0.2, 0) is 25.5 Å². The Bertz CT molecular complexity index is 2110. The zero-order valence-corrected chi connectivity index (χ0v) is 31.2. The van der Waals surface area contributed by atoms with Gasteiger partial charge < -0.3 is 9.47 Å². The quantitative estimate of drug-likeness (QED) is 0.0237. The van der Waals surface area contributed by atoms with Crippen molar-refractivity contribution in [3.05, 3.63) is 173 Å². The minimum Gasteiger partial charge on any atom is -0.486 e. The lowest BCUT2D eigenvalue weighted by molar-refractivity contribution is -0.384. The van der Waals surface area contributed by atoms with Crippen LogP contribution in [0.2, 0.25) is 0 Å². The number of ether oxygens (including phenoxy) is 2. The number of amides is 1. The zero-order chi connectivity index (χ0) is 38.9. The molecule has 5 aromatic carbocycles. The SMILES string of the molecule is O=C(OCc1ccc([N+](=O)[O-])cc1)C1=C(O[P+](Oc2ccccc2)(Oc2ccccc2)Oc2ccccc2)CC[C@@H]2[C@H](N=C(Cl)COc3ccccc3)C(=O)N12. The number of β-lactam (4-membered cyclic amide) rings is 1. The number of carbonyl (C=O) groups is 2. The summed E-state index contributed by atoms with van der Waals surface area (Å²) in [4.78, 5) is 44.6. The molecule has 0 spiro atoms. The molecule has 0 bridgehead atoms. The second-order valence-corrected chi connectivity index (χ2v) is 14.5. The average Bonchev–Trinajstić information content (AvgIpc) is 3.22. The maximum absolute atomic E-state index is 14.2. The summed E-state index contributed by atoms with van der Waals surface area (Å²) in [5.74, 6) is 0.262. The Balaban J connectivity index is 1.24. The van der Waals surface area contributed by atoms with Gasteiger partial charge in [0.25, 0.3) is 11.6 Å². The van der Waals surface area contributed by atoms with Crippen LogP contribution in [0.15, 0.2) is 162 Å². The monoisotopic (exact) mass is 794 g/mol. The number of hydrogen-bond donors (Lipinski definition) is 0. The molecule has 1 fully saturated rings. The van der Waals surface area contributed by atoms with Gasteiger partial charge in [-0.2, -0.15) is 0 Å². The van der Waals surface area contributed by atoms with Gasteiger partial charge in [0.2, 0.25) is 0 Å². The molecule has 1 amide bonds. The molecule has 0 saturated carbocycles. The van der Waals surface area contributed by atoms with Crippen LogP contribution >= 0.6 is 19.8 Å². The van der Waals surface area contributed by atoms with E-state index in [4.69, 9.17) is 39.2 Å². The van der Waals surface area contributed by atoms with E-state index >= 15 is 0 Å². The summed E-state index contributed by atoms with van der Waals surface area (Å²) >= 11 is 6.47. The molecule has 0 aliphatic carbocycles. The second-order valence-electron chi connectivity index (χ2n) is 12.4. The highest BCUT2D eigenvalue weighted by Gasteiger charge is 2.61. The van der Waals surface area contributed by atoms with E-state index in [1.54, 1.807) is 84.9 Å². The number of esters is 1. The van der Waals surface area contributed by atoms with Crippen molar-refractivity contribution in [3.8, 4) is 23.0 Å². The molecule has 0 radical (unpaired) electrons. The molecular weight excluding hydrogens is 761 g/mol. The van der Waals surface area contributed by atoms with Crippen LogP contribution in [0.25, 0.3) is 0 Å². The van der Waals surface area contributed by atoms with Crippen molar-refractivity contribution in [2.75, 3.05) is 6.61 Å². The van der Waals surface area contributed by atoms with E-state index in [1.165, 1.54) is 29.2 Å². The predicted octanol–water partition coefficient (Wildman–Crippen LogP) is 8.87. The van der Waals surface area contributed by atoms with Crippen molar-refractivity contribution in [1.82, 2.24) is 4.90 Å². The molecule has 7 rings (SSSR count). The third-order valence-electron chi connectivity index (χ3n) is 8.55. The number of halogens is 1. The highest BCUT2D eigenvalue weighted by Crippen LogP contribution is 2.64. The number of para-hydroxylation sites is 4. The molecular formula is C41H34ClN3O10P+. The molecule has 2 aliphatic heterocycles. The van der Waals surface area contributed by atoms with Crippen LogP contribution in [0.3, 0.4) is 0 Å². The molecule has 2 atom stereocenters. The summed E-state index contributed by atoms with van der Waals surface area (Å²) in [6, 6.07) is 39.5. The summed E-state index contributed by atoms with van der Waals surface area (Å²) < 4.78 is 37.6. The lowest BCUT2D eigenvalue weighted by Crippen LogP contribution is -2.65. The minimum atomic E-state index is -4.05. The summed E-state index contributed by atoms with van der Waals surface area (Å²) in [5.41, 5.74) is 0.177. The summed E-state index contributed by atoms with van der Waals surface area (Å²) in [5, 5.41) is 11.3. The van der Waals surface area contributed by atoms with Crippen molar-refractivity contribution in [2.45, 2.75) is 31.5 Å². The fraction of sp³-hybridized carbons (Fsp3) is 0.146. The summed E-state index contributed by atoms with van der Waals surface area (Å²) in [7, 11) is -4.05. The highest BCUT2D eigenvalue weighted by atomic mass is 35.5. The van der Waals surface area contributed by atoms with Gasteiger partial charge >= 0.3 is 14.1 Å². The third kappa shape index (κ3) is 9.08. The Hall–Kier alpha value is -6.43. The van der Waals surface area contributed by atoms with Gasteiger partial charge in [0.05, 0.1) is 11.0 Å². The maximum atomic E-state index is 14.2. The second kappa shape index (κ2) is 17.4. The fourth-order valence-corrected chi connectivity index (χ4v) is 7.89. The molecule has 2 heterocycles. The van der Waals surface area contributed by atoms with E-state index in [9.17, 15) is 19.7 Å². The van der Waals surface area contributed by atoms with E-state index in [2.05, 4.69) is 4.99 Å². The highest BCUT2D eigenvalue weighted by molar-refractivity contribution is 7.57. The first-order chi connectivity index (χ1) is 27.3. The van der Waals surface area contributed by atoms with Crippen molar-refractivity contribution in [3.63, 3.8) is 0 Å². The van der Waals surface area contributed by atoms with E-state index < -0.39 is 37.1 Å². The number of benzene rings is 5. The average molecular weight is 795 g/mol. The Morgan fingerprint density at radius 3 is 1.75 bits per heavy atom. The first kappa shape index (κ1) is 37.9. The van der Waals surface area contributed by atoms with Crippen molar-refractivity contribution in [2.24, 2.45) is 4.99 Å². The van der Waals surface area contributed by atoms with Crippen LogP contribution in [0.4, 0.5) is 5.69 Å². The summed E-state index contributed by atoms with van der Waals surface area (Å²) in [6.45, 7) is -0.319. The number of rotatable bonds is 16. The fourth-order valence-electron chi connectivity index (χ4n) is 5.92. The number of nitro benzene ring substituents is 1. The van der Waals surface area contributed by atoms with Gasteiger partial charge in [-0.15, -0.1) is 0 Å². The Kier molecular flexibility index (Phi) is 11.7. The number of nitro groups is 1. The van der Waals surface area contributed by atoms with Crippen LogP contribution in [0, 0.1) is 10.1 Å². The number of aliphatic imine (C=N–C) groups is 1. The number of nitrogens with zero attached hydrogens (tertiary/aromatic N) is 3. The zero-order valence-electron chi connectivity index (χ0n) is 29.6. The molecule has 15 heteroatoms. The van der Waals surface area contributed by atoms with E-state index in [-0.39, 0.29) is 41.9 Å². The Morgan fingerprint density at radius 1 is 0.750 bits per heavy atom. The smallest absolute Gasteiger partial charge is 0.486 e. The molecule has 2 aliphatic rings. The Morgan fingerprint density at radius 2 is 1.25 bits per heavy atom. The molecule has 0 unspecified atom stereocenters. The number of carbonyl (C=O) groups excluding carboxylic acids is 2. The summed E-state index contributed by atoms with van der Waals surface area (Å²) in [6.07, 6.45) is 0.441. The van der Waals surface area contributed by atoms with Crippen molar-refractivity contribution < 1.29 is 42.1 Å². The molecule has 13 nitrogen and oxygen atoms in total.